The molecular formula is C14H18F2OS. The highest BCUT2D eigenvalue weighted by Crippen LogP contribution is 2.21. The molecule has 0 aromatic heterocycles. The normalized spacial score (nSPS) is 14.3. The van der Waals surface area contributed by atoms with Crippen molar-refractivity contribution in [1.82, 2.24) is 0 Å². The van der Waals surface area contributed by atoms with Crippen LogP contribution in [0.1, 0.15) is 37.6 Å². The Morgan fingerprint density at radius 1 is 1.28 bits per heavy atom. The van der Waals surface area contributed by atoms with Crippen LogP contribution in [0.3, 0.4) is 0 Å². The summed E-state index contributed by atoms with van der Waals surface area (Å²) in [6.45, 7) is 6.03. The first-order chi connectivity index (χ1) is 8.45. The van der Waals surface area contributed by atoms with E-state index in [2.05, 4.69) is 13.8 Å². The molecule has 0 aliphatic carbocycles. The molecule has 2 unspecified atom stereocenters. The Morgan fingerprint density at radius 3 is 2.50 bits per heavy atom. The van der Waals surface area contributed by atoms with Crippen LogP contribution in [0.5, 0.6) is 0 Å². The number of benzene rings is 1. The monoisotopic (exact) mass is 272 g/mol. The number of halogens is 2. The summed E-state index contributed by atoms with van der Waals surface area (Å²) in [6.07, 6.45) is 1.07. The van der Waals surface area contributed by atoms with Crippen LogP contribution < -0.4 is 0 Å². The van der Waals surface area contributed by atoms with Gasteiger partial charge in [0.1, 0.15) is 0 Å². The van der Waals surface area contributed by atoms with Crippen molar-refractivity contribution in [3.05, 3.63) is 35.4 Å². The third kappa shape index (κ3) is 4.09. The van der Waals surface area contributed by atoms with Gasteiger partial charge >= 0.3 is 0 Å². The summed E-state index contributed by atoms with van der Waals surface area (Å²) in [5.74, 6) is -0.601. The molecule has 4 heteroatoms. The fourth-order valence-electron chi connectivity index (χ4n) is 1.39. The number of carbonyl (C=O) groups excluding carboxylic acids is 1. The average molecular weight is 272 g/mol. The van der Waals surface area contributed by atoms with Gasteiger partial charge in [-0.2, -0.15) is 11.8 Å². The number of Topliss-reactive ketones (excluding diaryl/α,β-unsaturated/α-hetero) is 1. The van der Waals surface area contributed by atoms with E-state index < -0.39 is 11.6 Å². The summed E-state index contributed by atoms with van der Waals surface area (Å²) in [7, 11) is 0. The summed E-state index contributed by atoms with van der Waals surface area (Å²) in [5, 5.41) is -0.233. The van der Waals surface area contributed by atoms with Crippen LogP contribution >= 0.6 is 11.8 Å². The zero-order valence-corrected chi connectivity index (χ0v) is 11.7. The first kappa shape index (κ1) is 15.2. The van der Waals surface area contributed by atoms with Gasteiger partial charge in [0.15, 0.2) is 17.4 Å². The van der Waals surface area contributed by atoms with Crippen molar-refractivity contribution in [2.24, 2.45) is 5.92 Å². The third-order valence-electron chi connectivity index (χ3n) is 2.90. The second-order valence-electron chi connectivity index (χ2n) is 4.48. The van der Waals surface area contributed by atoms with Crippen molar-refractivity contribution in [3.63, 3.8) is 0 Å². The lowest BCUT2D eigenvalue weighted by atomic mass is 10.1. The van der Waals surface area contributed by atoms with Crippen LogP contribution in [-0.4, -0.2) is 16.8 Å². The number of thioether (sulfide) groups is 1. The van der Waals surface area contributed by atoms with Crippen LogP contribution in [0.15, 0.2) is 18.2 Å². The lowest BCUT2D eigenvalue weighted by Crippen LogP contribution is -2.15. The van der Waals surface area contributed by atoms with Gasteiger partial charge in [0.2, 0.25) is 0 Å². The maximum absolute atomic E-state index is 13.0. The molecule has 0 saturated heterocycles. The molecule has 0 fully saturated rings. The molecule has 1 rings (SSSR count). The Bertz CT molecular complexity index is 420. The fourth-order valence-corrected chi connectivity index (χ4v) is 2.53. The van der Waals surface area contributed by atoms with Crippen molar-refractivity contribution in [2.45, 2.75) is 32.4 Å². The molecule has 0 radical (unpaired) electrons. The minimum absolute atomic E-state index is 0.151. The summed E-state index contributed by atoms with van der Waals surface area (Å²) < 4.78 is 25.8. The molecule has 0 bridgehead atoms. The van der Waals surface area contributed by atoms with E-state index in [9.17, 15) is 13.6 Å². The van der Waals surface area contributed by atoms with Gasteiger partial charge in [-0.25, -0.2) is 8.78 Å². The minimum atomic E-state index is -0.972. The summed E-state index contributed by atoms with van der Waals surface area (Å²) >= 11 is 1.56. The molecule has 0 aliphatic heterocycles. The second-order valence-corrected chi connectivity index (χ2v) is 5.86. The molecule has 1 aromatic rings. The molecule has 0 N–H and O–H groups in total. The predicted molar refractivity (Wildman–Crippen MR) is 72.1 cm³/mol. The van der Waals surface area contributed by atoms with Gasteiger partial charge in [0.05, 0.1) is 5.25 Å². The van der Waals surface area contributed by atoms with Gasteiger partial charge in [-0.3, -0.25) is 4.79 Å². The molecule has 0 amide bonds. The summed E-state index contributed by atoms with van der Waals surface area (Å²) in [4.78, 5) is 12.0. The van der Waals surface area contributed by atoms with Crippen molar-refractivity contribution in [1.29, 1.82) is 0 Å². The van der Waals surface area contributed by atoms with Crippen molar-refractivity contribution in [3.8, 4) is 0 Å². The topological polar surface area (TPSA) is 17.1 Å². The van der Waals surface area contributed by atoms with Gasteiger partial charge in [-0.1, -0.05) is 20.3 Å². The van der Waals surface area contributed by atoms with E-state index in [1.165, 1.54) is 6.07 Å². The fraction of sp³-hybridized carbons (Fsp3) is 0.500. The minimum Gasteiger partial charge on any atom is -0.293 e. The lowest BCUT2D eigenvalue weighted by Gasteiger charge is -2.13. The van der Waals surface area contributed by atoms with Crippen molar-refractivity contribution < 1.29 is 13.6 Å². The number of carbonyl (C=O) groups is 1. The van der Waals surface area contributed by atoms with Crippen molar-refractivity contribution >= 4 is 17.5 Å². The third-order valence-corrected chi connectivity index (χ3v) is 4.38. The van der Waals surface area contributed by atoms with Crippen LogP contribution in [0.4, 0.5) is 8.78 Å². The summed E-state index contributed by atoms with van der Waals surface area (Å²) in [5.41, 5.74) is 0.234. The molecule has 0 heterocycles. The van der Waals surface area contributed by atoms with E-state index in [-0.39, 0.29) is 16.6 Å². The van der Waals surface area contributed by atoms with Gasteiger partial charge in [-0.15, -0.1) is 0 Å². The van der Waals surface area contributed by atoms with Crippen LogP contribution in [0, 0.1) is 17.6 Å². The highest BCUT2D eigenvalue weighted by atomic mass is 32.2. The first-order valence-electron chi connectivity index (χ1n) is 6.06. The highest BCUT2D eigenvalue weighted by molar-refractivity contribution is 8.00. The Hall–Kier alpha value is -0.900. The zero-order chi connectivity index (χ0) is 13.7. The molecule has 2 atom stereocenters. The quantitative estimate of drug-likeness (QED) is 0.718. The number of hydrogen-bond acceptors (Lipinski definition) is 2. The number of hydrogen-bond donors (Lipinski definition) is 0. The van der Waals surface area contributed by atoms with Gasteiger partial charge < -0.3 is 0 Å². The molecular weight excluding hydrogens is 254 g/mol. The standard InChI is InChI=1S/C14H18F2OS/c1-4-9(2)8-18-10(3)14(17)11-5-6-12(15)13(16)7-11/h5-7,9-10H,4,8H2,1-3H3. The second kappa shape index (κ2) is 6.88. The van der Waals surface area contributed by atoms with E-state index >= 15 is 0 Å². The van der Waals surface area contributed by atoms with E-state index in [0.29, 0.717) is 5.92 Å². The molecule has 0 saturated carbocycles. The van der Waals surface area contributed by atoms with Crippen LogP contribution in [-0.2, 0) is 0 Å². The number of rotatable bonds is 6. The van der Waals surface area contributed by atoms with E-state index in [4.69, 9.17) is 0 Å². The molecule has 1 nitrogen and oxygen atoms in total. The van der Waals surface area contributed by atoms with Crippen LogP contribution in [0.25, 0.3) is 0 Å². The molecule has 0 aliphatic rings. The Balaban J connectivity index is 2.65. The van der Waals surface area contributed by atoms with Gasteiger partial charge in [0, 0.05) is 5.56 Å². The van der Waals surface area contributed by atoms with E-state index in [1.54, 1.807) is 18.7 Å². The molecule has 1 aromatic carbocycles. The Morgan fingerprint density at radius 2 is 1.94 bits per heavy atom. The highest BCUT2D eigenvalue weighted by Gasteiger charge is 2.17. The Labute approximate surface area is 111 Å². The van der Waals surface area contributed by atoms with Gasteiger partial charge in [-0.05, 0) is 36.8 Å². The van der Waals surface area contributed by atoms with E-state index in [1.807, 2.05) is 0 Å². The smallest absolute Gasteiger partial charge is 0.175 e. The average Bonchev–Trinajstić information content (AvgIpc) is 2.37. The molecule has 100 valence electrons. The maximum atomic E-state index is 13.0. The predicted octanol–water partition coefficient (Wildman–Crippen LogP) is 4.32. The lowest BCUT2D eigenvalue weighted by molar-refractivity contribution is 0.0993. The van der Waals surface area contributed by atoms with E-state index in [0.717, 1.165) is 24.3 Å². The largest absolute Gasteiger partial charge is 0.293 e. The van der Waals surface area contributed by atoms with Gasteiger partial charge in [0.25, 0.3) is 0 Å². The number of ketones is 1. The molecule has 0 spiro atoms. The van der Waals surface area contributed by atoms with Crippen molar-refractivity contribution in [2.75, 3.05) is 5.75 Å². The Kier molecular flexibility index (Phi) is 5.79. The zero-order valence-electron chi connectivity index (χ0n) is 10.9. The summed E-state index contributed by atoms with van der Waals surface area (Å²) in [6, 6.07) is 3.30. The van der Waals surface area contributed by atoms with Crippen LogP contribution in [0.2, 0.25) is 0 Å². The molecule has 18 heavy (non-hydrogen) atoms. The SMILES string of the molecule is CCC(C)CSC(C)C(=O)c1ccc(F)c(F)c1. The maximum Gasteiger partial charge on any atom is 0.175 e. The first-order valence-corrected chi connectivity index (χ1v) is 7.11.